The number of hydrogen-bond donors (Lipinski definition) is 0. The van der Waals surface area contributed by atoms with Gasteiger partial charge in [-0.3, -0.25) is 0 Å². The molecule has 33 heavy (non-hydrogen) atoms. The predicted octanol–water partition coefficient (Wildman–Crippen LogP) is 8.10. The lowest BCUT2D eigenvalue weighted by atomic mass is 10.1. The summed E-state index contributed by atoms with van der Waals surface area (Å²) in [5.74, 6) is 0. The number of hydrogen-bond acceptors (Lipinski definition) is 2. The van der Waals surface area contributed by atoms with Gasteiger partial charge >= 0.3 is 0 Å². The van der Waals surface area contributed by atoms with Crippen molar-refractivity contribution >= 4 is 28.2 Å². The first kappa shape index (κ1) is 26.0. The molecule has 2 aromatic carbocycles. The van der Waals surface area contributed by atoms with Crippen LogP contribution >= 0.6 is 7.26 Å². The summed E-state index contributed by atoms with van der Waals surface area (Å²) in [5.41, 5.74) is 3.19. The van der Waals surface area contributed by atoms with Crippen LogP contribution < -0.4 is 0 Å². The maximum absolute atomic E-state index is 13.4. The normalized spacial score (nSPS) is 12.5. The zero-order chi connectivity index (χ0) is 23.9. The van der Waals surface area contributed by atoms with Crippen molar-refractivity contribution in [2.45, 2.75) is 77.3 Å². The van der Waals surface area contributed by atoms with E-state index in [1.807, 2.05) is 37.3 Å². The van der Waals surface area contributed by atoms with Gasteiger partial charge in [0.15, 0.2) is 0 Å². The van der Waals surface area contributed by atoms with E-state index in [0.717, 1.165) is 22.6 Å². The topological polar surface area (TPSA) is 39.1 Å². The summed E-state index contributed by atoms with van der Waals surface area (Å²) in [6, 6.07) is 15.4. The Kier molecular flexibility index (Phi) is 9.18. The fraction of sp³-hybridized carbons (Fsp3) is 0.500. The Labute approximate surface area is 202 Å². The Morgan fingerprint density at radius 3 is 1.91 bits per heavy atom. The summed E-state index contributed by atoms with van der Waals surface area (Å²) >= 11 is 0. The molecular formula is C28H41NO2PS+. The van der Waals surface area contributed by atoms with Crippen molar-refractivity contribution in [1.82, 2.24) is 3.97 Å². The van der Waals surface area contributed by atoms with E-state index in [1.165, 1.54) is 66.5 Å². The largest absolute Gasteiger partial charge is 0.268 e. The first-order valence-corrected chi connectivity index (χ1v) is 16.6. The second-order valence-corrected chi connectivity index (χ2v) is 15.7. The van der Waals surface area contributed by atoms with Crippen LogP contribution in [-0.2, 0) is 16.2 Å². The molecule has 0 aliphatic heterocycles. The zero-order valence-electron chi connectivity index (χ0n) is 20.9. The van der Waals surface area contributed by atoms with Gasteiger partial charge in [0.2, 0.25) is 0 Å². The van der Waals surface area contributed by atoms with Crippen LogP contribution in [0.1, 0.15) is 70.4 Å². The van der Waals surface area contributed by atoms with Crippen molar-refractivity contribution in [3.63, 3.8) is 0 Å². The Hall–Kier alpha value is -1.64. The Balaban J connectivity index is 2.02. The number of aryl methyl sites for hydroxylation is 1. The highest BCUT2D eigenvalue weighted by molar-refractivity contribution is 7.90. The highest BCUT2D eigenvalue weighted by Crippen LogP contribution is 2.63. The van der Waals surface area contributed by atoms with E-state index in [9.17, 15) is 8.42 Å². The van der Waals surface area contributed by atoms with Crippen LogP contribution in [0, 0.1) is 6.92 Å². The summed E-state index contributed by atoms with van der Waals surface area (Å²) in [5, 5.41) is 1.10. The average molecular weight is 487 g/mol. The van der Waals surface area contributed by atoms with E-state index in [1.54, 1.807) is 18.3 Å². The summed E-state index contributed by atoms with van der Waals surface area (Å²) in [7, 11) is -4.74. The molecule has 180 valence electrons. The molecule has 3 rings (SSSR count). The van der Waals surface area contributed by atoms with Gasteiger partial charge in [0.25, 0.3) is 10.0 Å². The third-order valence-corrected chi connectivity index (χ3v) is 13.3. The van der Waals surface area contributed by atoms with Crippen LogP contribution in [-0.4, -0.2) is 30.9 Å². The van der Waals surface area contributed by atoms with Crippen molar-refractivity contribution in [3.05, 3.63) is 65.9 Å². The van der Waals surface area contributed by atoms with Crippen molar-refractivity contribution in [2.75, 3.05) is 18.5 Å². The molecule has 0 N–H and O–H groups in total. The number of nitrogens with zero attached hydrogens (tertiary/aromatic N) is 1. The minimum absolute atomic E-state index is 0.340. The fourth-order valence-electron chi connectivity index (χ4n) is 4.79. The summed E-state index contributed by atoms with van der Waals surface area (Å²) in [4.78, 5) is 0.340. The fourth-order valence-corrected chi connectivity index (χ4v) is 11.2. The van der Waals surface area contributed by atoms with Crippen LogP contribution in [0.4, 0.5) is 0 Å². The molecule has 0 atom stereocenters. The van der Waals surface area contributed by atoms with Gasteiger partial charge in [0, 0.05) is 18.8 Å². The third kappa shape index (κ3) is 6.08. The Bertz CT molecular complexity index is 1110. The second-order valence-electron chi connectivity index (χ2n) is 9.51. The smallest absolute Gasteiger partial charge is 0.241 e. The minimum atomic E-state index is -3.62. The molecule has 0 amide bonds. The molecule has 1 aromatic heterocycles. The second kappa shape index (κ2) is 11.7. The number of fused-ring (bicyclic) bond motifs is 1. The standard InChI is InChI=1S/C28H41NO2PS/c1-5-8-20-32(21-9-6-2,22-10-7-3)23-25-12-11-13-28-27(25)18-19-29(28)33(30,31)26-16-14-24(4)15-17-26/h11-19H,5-10,20-23H2,1-4H3/q+1. The zero-order valence-corrected chi connectivity index (χ0v) is 22.6. The molecular weight excluding hydrogens is 445 g/mol. The monoisotopic (exact) mass is 486 g/mol. The molecule has 0 unspecified atom stereocenters. The number of unbranched alkanes of at least 4 members (excludes halogenated alkanes) is 3. The predicted molar refractivity (Wildman–Crippen MR) is 146 cm³/mol. The molecule has 0 aliphatic carbocycles. The summed E-state index contributed by atoms with van der Waals surface area (Å²) < 4.78 is 28.3. The van der Waals surface area contributed by atoms with Gasteiger partial charge in [-0.05, 0) is 56.0 Å². The molecule has 5 heteroatoms. The van der Waals surface area contributed by atoms with Crippen molar-refractivity contribution in [2.24, 2.45) is 0 Å². The average Bonchev–Trinajstić information content (AvgIpc) is 3.26. The summed E-state index contributed by atoms with van der Waals surface area (Å²) in [6.07, 6.45) is 14.6. The van der Waals surface area contributed by atoms with Crippen LogP contribution in [0.25, 0.3) is 10.9 Å². The van der Waals surface area contributed by atoms with Gasteiger partial charge in [0.05, 0.1) is 35.1 Å². The molecule has 0 fully saturated rings. The van der Waals surface area contributed by atoms with Crippen LogP contribution in [0.2, 0.25) is 0 Å². The van der Waals surface area contributed by atoms with Gasteiger partial charge in [-0.2, -0.15) is 0 Å². The minimum Gasteiger partial charge on any atom is -0.241 e. The highest BCUT2D eigenvalue weighted by Gasteiger charge is 2.36. The maximum atomic E-state index is 13.4. The SMILES string of the molecule is CCCC[P+](CCCC)(CCCC)Cc1cccc2c1ccn2S(=O)(=O)c1ccc(C)cc1. The lowest BCUT2D eigenvalue weighted by Crippen LogP contribution is -2.13. The Morgan fingerprint density at radius 1 is 0.788 bits per heavy atom. The Morgan fingerprint density at radius 2 is 1.36 bits per heavy atom. The first-order valence-electron chi connectivity index (χ1n) is 12.6. The first-order chi connectivity index (χ1) is 15.9. The van der Waals surface area contributed by atoms with Crippen LogP contribution in [0.15, 0.2) is 59.6 Å². The number of rotatable bonds is 13. The van der Waals surface area contributed by atoms with Crippen LogP contribution in [0.5, 0.6) is 0 Å². The van der Waals surface area contributed by atoms with Crippen molar-refractivity contribution in [1.29, 1.82) is 0 Å². The van der Waals surface area contributed by atoms with E-state index in [4.69, 9.17) is 0 Å². The lowest BCUT2D eigenvalue weighted by Gasteiger charge is -2.28. The van der Waals surface area contributed by atoms with Crippen molar-refractivity contribution < 1.29 is 8.42 Å². The van der Waals surface area contributed by atoms with E-state index >= 15 is 0 Å². The van der Waals surface area contributed by atoms with Gasteiger partial charge in [-0.25, -0.2) is 12.4 Å². The van der Waals surface area contributed by atoms with E-state index < -0.39 is 17.3 Å². The van der Waals surface area contributed by atoms with Crippen molar-refractivity contribution in [3.8, 4) is 0 Å². The maximum Gasteiger partial charge on any atom is 0.268 e. The number of benzene rings is 2. The van der Waals surface area contributed by atoms with Gasteiger partial charge < -0.3 is 0 Å². The summed E-state index contributed by atoms with van der Waals surface area (Å²) in [6.45, 7) is 8.86. The molecule has 0 spiro atoms. The van der Waals surface area contributed by atoms with E-state index in [0.29, 0.717) is 4.90 Å². The molecule has 0 saturated carbocycles. The molecule has 0 radical (unpaired) electrons. The molecule has 1 heterocycles. The molecule has 0 aliphatic rings. The molecule has 3 nitrogen and oxygen atoms in total. The molecule has 3 aromatic rings. The van der Waals surface area contributed by atoms with Gasteiger partial charge in [-0.15, -0.1) is 0 Å². The third-order valence-electron chi connectivity index (χ3n) is 6.83. The molecule has 0 bridgehead atoms. The van der Waals surface area contributed by atoms with Gasteiger partial charge in [0.1, 0.15) is 0 Å². The van der Waals surface area contributed by atoms with E-state index in [-0.39, 0.29) is 0 Å². The lowest BCUT2D eigenvalue weighted by molar-refractivity contribution is 0.589. The quantitative estimate of drug-likeness (QED) is 0.229. The van der Waals surface area contributed by atoms with E-state index in [2.05, 4.69) is 26.8 Å². The van der Waals surface area contributed by atoms with Gasteiger partial charge in [-0.1, -0.05) is 69.9 Å². The molecule has 0 saturated heterocycles. The van der Waals surface area contributed by atoms with Crippen LogP contribution in [0.3, 0.4) is 0 Å². The number of aromatic nitrogens is 1. The highest BCUT2D eigenvalue weighted by atomic mass is 32.2.